The summed E-state index contributed by atoms with van der Waals surface area (Å²) in [5.74, 6) is -0.872. The van der Waals surface area contributed by atoms with Crippen LogP contribution in [0.25, 0.3) is 0 Å². The Balaban J connectivity index is 2.26. The van der Waals surface area contributed by atoms with Crippen LogP contribution in [0.2, 0.25) is 0 Å². The first-order chi connectivity index (χ1) is 17.8. The van der Waals surface area contributed by atoms with E-state index in [-0.39, 0.29) is 39.7 Å². The monoisotopic (exact) mass is 528 g/mol. The number of halogens is 1. The van der Waals surface area contributed by atoms with Crippen molar-refractivity contribution in [3.8, 4) is 11.5 Å². The van der Waals surface area contributed by atoms with E-state index in [0.29, 0.717) is 18.6 Å². The fourth-order valence-corrected chi connectivity index (χ4v) is 4.00. The first-order valence-corrected chi connectivity index (χ1v) is 13.8. The van der Waals surface area contributed by atoms with Crippen LogP contribution >= 0.6 is 0 Å². The standard InChI is InChI=1S/C31H45FN2O4/c1-9-13-14-28(36)34(32)24-17-16-22(20-25(24)35)33-29(37)26(10-2)38-27-18-15-21(30(5,6)11-3)19-23(27)31(7,8)12-4/h15-20,26,35H,9-14H2,1-8H3,(H,33,37). The molecule has 2 amide bonds. The van der Waals surface area contributed by atoms with Gasteiger partial charge in [0.15, 0.2) is 6.10 Å². The van der Waals surface area contributed by atoms with E-state index in [1.165, 1.54) is 23.8 Å². The van der Waals surface area contributed by atoms with Crippen LogP contribution in [0.4, 0.5) is 15.9 Å². The van der Waals surface area contributed by atoms with Gasteiger partial charge in [0.1, 0.15) is 17.2 Å². The molecule has 0 saturated carbocycles. The SMILES string of the molecule is CCCCC(=O)N(F)c1ccc(NC(=O)C(CC)Oc2ccc(C(C)(C)CC)cc2C(C)(C)CC)cc1O. The Morgan fingerprint density at radius 3 is 2.21 bits per heavy atom. The smallest absolute Gasteiger partial charge is 0.265 e. The predicted molar refractivity (Wildman–Crippen MR) is 153 cm³/mol. The number of phenolic OH excluding ortho intramolecular Hbond substituents is 1. The van der Waals surface area contributed by atoms with Gasteiger partial charge in [-0.2, -0.15) is 0 Å². The van der Waals surface area contributed by atoms with Gasteiger partial charge in [0, 0.05) is 23.7 Å². The largest absolute Gasteiger partial charge is 0.506 e. The van der Waals surface area contributed by atoms with Gasteiger partial charge in [-0.15, -0.1) is 5.12 Å². The molecule has 2 aromatic rings. The molecule has 0 bridgehead atoms. The van der Waals surface area contributed by atoms with Crippen molar-refractivity contribution in [2.24, 2.45) is 0 Å². The van der Waals surface area contributed by atoms with Crippen molar-refractivity contribution in [3.05, 3.63) is 47.5 Å². The Morgan fingerprint density at radius 2 is 1.66 bits per heavy atom. The van der Waals surface area contributed by atoms with Crippen molar-refractivity contribution in [2.45, 2.75) is 111 Å². The molecule has 0 aliphatic carbocycles. The lowest BCUT2D eigenvalue weighted by atomic mass is 9.76. The third kappa shape index (κ3) is 7.49. The van der Waals surface area contributed by atoms with Crippen molar-refractivity contribution >= 4 is 23.2 Å². The highest BCUT2D eigenvalue weighted by atomic mass is 19.2. The summed E-state index contributed by atoms with van der Waals surface area (Å²) in [6.07, 6.45) is 2.92. The average molecular weight is 529 g/mol. The molecule has 0 radical (unpaired) electrons. The van der Waals surface area contributed by atoms with Gasteiger partial charge in [0.05, 0.1) is 0 Å². The lowest BCUT2D eigenvalue weighted by Crippen LogP contribution is -2.33. The van der Waals surface area contributed by atoms with Gasteiger partial charge in [-0.05, 0) is 60.3 Å². The molecular formula is C31H45FN2O4. The van der Waals surface area contributed by atoms with Crippen LogP contribution in [0, 0.1) is 0 Å². The third-order valence-corrected chi connectivity index (χ3v) is 7.61. The maximum atomic E-state index is 14.4. The van der Waals surface area contributed by atoms with Gasteiger partial charge in [-0.3, -0.25) is 9.59 Å². The molecule has 0 saturated heterocycles. The minimum Gasteiger partial charge on any atom is -0.506 e. The Bertz CT molecular complexity index is 1110. The van der Waals surface area contributed by atoms with E-state index in [9.17, 15) is 19.2 Å². The second-order valence-electron chi connectivity index (χ2n) is 11.2. The summed E-state index contributed by atoms with van der Waals surface area (Å²) < 4.78 is 20.7. The van der Waals surface area contributed by atoms with Crippen molar-refractivity contribution in [3.63, 3.8) is 0 Å². The second kappa shape index (κ2) is 13.1. The molecule has 0 heterocycles. The molecule has 2 N–H and O–H groups in total. The van der Waals surface area contributed by atoms with Gasteiger partial charge in [0.2, 0.25) is 0 Å². The fourth-order valence-electron chi connectivity index (χ4n) is 4.00. The zero-order chi connectivity index (χ0) is 28.7. The average Bonchev–Trinajstić information content (AvgIpc) is 2.89. The number of ether oxygens (including phenoxy) is 1. The number of aromatic hydroxyl groups is 1. The molecule has 38 heavy (non-hydrogen) atoms. The van der Waals surface area contributed by atoms with E-state index in [1.54, 1.807) is 0 Å². The topological polar surface area (TPSA) is 78.9 Å². The third-order valence-electron chi connectivity index (χ3n) is 7.61. The summed E-state index contributed by atoms with van der Waals surface area (Å²) in [6, 6.07) is 10.2. The number of hydrogen-bond acceptors (Lipinski definition) is 4. The Kier molecular flexibility index (Phi) is 10.7. The van der Waals surface area contributed by atoms with Crippen LogP contribution in [0.15, 0.2) is 36.4 Å². The number of amides is 2. The number of unbranched alkanes of at least 4 members (excludes halogenated alkanes) is 1. The Hall–Kier alpha value is -3.09. The van der Waals surface area contributed by atoms with Crippen LogP contribution in [0.5, 0.6) is 11.5 Å². The number of phenols is 1. The lowest BCUT2D eigenvalue weighted by Gasteiger charge is -2.31. The molecular weight excluding hydrogens is 483 g/mol. The van der Waals surface area contributed by atoms with Gasteiger partial charge < -0.3 is 15.2 Å². The summed E-state index contributed by atoms with van der Waals surface area (Å²) in [7, 11) is 0. The van der Waals surface area contributed by atoms with Crippen molar-refractivity contribution < 1.29 is 23.9 Å². The number of rotatable bonds is 13. The van der Waals surface area contributed by atoms with Crippen LogP contribution in [-0.2, 0) is 20.4 Å². The van der Waals surface area contributed by atoms with Gasteiger partial charge in [-0.1, -0.05) is 78.4 Å². The number of carbonyl (C=O) groups is 2. The molecule has 6 nitrogen and oxygen atoms in total. The Morgan fingerprint density at radius 1 is 1.00 bits per heavy atom. The molecule has 7 heteroatoms. The first kappa shape index (κ1) is 31.1. The zero-order valence-electron chi connectivity index (χ0n) is 24.3. The summed E-state index contributed by atoms with van der Waals surface area (Å²) in [4.78, 5) is 25.1. The predicted octanol–water partition coefficient (Wildman–Crippen LogP) is 7.97. The number of hydrogen-bond donors (Lipinski definition) is 2. The molecule has 1 atom stereocenters. The maximum absolute atomic E-state index is 14.4. The second-order valence-corrected chi connectivity index (χ2v) is 11.2. The molecule has 0 aliphatic rings. The first-order valence-electron chi connectivity index (χ1n) is 13.8. The van der Waals surface area contributed by atoms with Gasteiger partial charge in [-0.25, -0.2) is 0 Å². The summed E-state index contributed by atoms with van der Waals surface area (Å²) in [6.45, 7) is 16.9. The number of nitrogens with one attached hydrogen (secondary N) is 1. The van der Waals surface area contributed by atoms with Crippen LogP contribution in [-0.4, -0.2) is 23.0 Å². The zero-order valence-corrected chi connectivity index (χ0v) is 24.3. The summed E-state index contributed by atoms with van der Waals surface area (Å²) in [5, 5.41) is 13.0. The normalized spacial score (nSPS) is 12.7. The molecule has 0 aliphatic heterocycles. The summed E-state index contributed by atoms with van der Waals surface area (Å²) in [5.41, 5.74) is 2.17. The quantitative estimate of drug-likeness (QED) is 0.258. The Labute approximate surface area is 227 Å². The summed E-state index contributed by atoms with van der Waals surface area (Å²) >= 11 is 0. The van der Waals surface area contributed by atoms with Crippen LogP contribution < -0.4 is 15.2 Å². The highest BCUT2D eigenvalue weighted by Crippen LogP contribution is 2.39. The minimum absolute atomic E-state index is 0.0165. The van der Waals surface area contributed by atoms with Crippen molar-refractivity contribution in [1.82, 2.24) is 0 Å². The minimum atomic E-state index is -0.776. The molecule has 1 unspecified atom stereocenters. The van der Waals surface area contributed by atoms with Crippen LogP contribution in [0.3, 0.4) is 0 Å². The molecule has 0 spiro atoms. The highest BCUT2D eigenvalue weighted by molar-refractivity contribution is 5.96. The molecule has 2 aromatic carbocycles. The number of carbonyl (C=O) groups excluding carboxylic acids is 2. The number of nitrogens with zero attached hydrogens (tertiary/aromatic N) is 1. The molecule has 2 rings (SSSR count). The fraction of sp³-hybridized carbons (Fsp3) is 0.548. The number of anilines is 2. The van der Waals surface area contributed by atoms with E-state index in [0.717, 1.165) is 24.8 Å². The highest BCUT2D eigenvalue weighted by Gasteiger charge is 2.29. The lowest BCUT2D eigenvalue weighted by molar-refractivity contribution is -0.123. The number of benzene rings is 2. The van der Waals surface area contributed by atoms with Gasteiger partial charge in [0.25, 0.3) is 11.8 Å². The van der Waals surface area contributed by atoms with Crippen LogP contribution in [0.1, 0.15) is 105 Å². The molecule has 0 aromatic heterocycles. The van der Waals surface area contributed by atoms with Crippen molar-refractivity contribution in [2.75, 3.05) is 10.4 Å². The van der Waals surface area contributed by atoms with Gasteiger partial charge >= 0.3 is 0 Å². The van der Waals surface area contributed by atoms with E-state index in [2.05, 4.69) is 59.0 Å². The van der Waals surface area contributed by atoms with E-state index in [1.807, 2.05) is 19.9 Å². The maximum Gasteiger partial charge on any atom is 0.265 e. The molecule has 210 valence electrons. The van der Waals surface area contributed by atoms with Crippen molar-refractivity contribution in [1.29, 1.82) is 0 Å². The van der Waals surface area contributed by atoms with E-state index < -0.39 is 17.8 Å². The van der Waals surface area contributed by atoms with E-state index >= 15 is 0 Å². The van der Waals surface area contributed by atoms with E-state index in [4.69, 9.17) is 4.74 Å². The molecule has 0 fully saturated rings.